The first-order valence-electron chi connectivity index (χ1n) is 6.97. The summed E-state index contributed by atoms with van der Waals surface area (Å²) in [7, 11) is 0. The minimum Gasteiger partial charge on any atom is -0.340 e. The lowest BCUT2D eigenvalue weighted by Gasteiger charge is -2.36. The lowest BCUT2D eigenvalue weighted by atomic mass is 10.00. The number of nitrogens with one attached hydrogen (secondary N) is 1. The molecule has 98 valence electrons. The van der Waals surface area contributed by atoms with E-state index in [0.717, 1.165) is 39.1 Å². The van der Waals surface area contributed by atoms with Crippen molar-refractivity contribution in [2.45, 2.75) is 32.7 Å². The normalized spacial score (nSPS) is 30.8. The first-order chi connectivity index (χ1) is 8.22. The molecule has 0 spiro atoms. The molecule has 0 aromatic rings. The highest BCUT2D eigenvalue weighted by molar-refractivity contribution is 5.80. The van der Waals surface area contributed by atoms with Crippen molar-refractivity contribution >= 4 is 5.91 Å². The van der Waals surface area contributed by atoms with Crippen LogP contribution in [0.15, 0.2) is 0 Å². The van der Waals surface area contributed by atoms with Crippen LogP contribution in [-0.2, 0) is 4.79 Å². The molecule has 1 N–H and O–H groups in total. The van der Waals surface area contributed by atoms with Gasteiger partial charge in [-0.15, -0.1) is 0 Å². The quantitative estimate of drug-likeness (QED) is 0.781. The Hall–Kier alpha value is -0.610. The molecular weight excluding hydrogens is 214 g/mol. The predicted molar refractivity (Wildman–Crippen MR) is 68.9 cm³/mol. The van der Waals surface area contributed by atoms with Crippen LogP contribution in [-0.4, -0.2) is 61.0 Å². The summed E-state index contributed by atoms with van der Waals surface area (Å²) >= 11 is 0. The molecule has 4 nitrogen and oxygen atoms in total. The Morgan fingerprint density at radius 3 is 2.53 bits per heavy atom. The van der Waals surface area contributed by atoms with Crippen molar-refractivity contribution in [1.29, 1.82) is 0 Å². The van der Waals surface area contributed by atoms with Gasteiger partial charge in [-0.1, -0.05) is 6.92 Å². The summed E-state index contributed by atoms with van der Waals surface area (Å²) < 4.78 is 0. The number of hydrogen-bond acceptors (Lipinski definition) is 3. The van der Waals surface area contributed by atoms with Crippen molar-refractivity contribution in [3.05, 3.63) is 0 Å². The predicted octanol–water partition coefficient (Wildman–Crippen LogP) is 0.539. The van der Waals surface area contributed by atoms with Gasteiger partial charge in [0.1, 0.15) is 0 Å². The van der Waals surface area contributed by atoms with E-state index in [1.807, 2.05) is 0 Å². The van der Waals surface area contributed by atoms with Crippen LogP contribution >= 0.6 is 0 Å². The maximum atomic E-state index is 12.3. The van der Waals surface area contributed by atoms with Gasteiger partial charge in [0, 0.05) is 32.2 Å². The molecule has 2 fully saturated rings. The van der Waals surface area contributed by atoms with Crippen molar-refractivity contribution in [2.24, 2.45) is 5.92 Å². The molecule has 2 heterocycles. The van der Waals surface area contributed by atoms with Crippen LogP contribution in [0.3, 0.4) is 0 Å². The van der Waals surface area contributed by atoms with E-state index in [1.165, 1.54) is 13.0 Å². The number of rotatable bonds is 3. The maximum Gasteiger partial charge on any atom is 0.227 e. The number of nitrogens with zero attached hydrogens (tertiary/aromatic N) is 2. The Morgan fingerprint density at radius 2 is 2.00 bits per heavy atom. The number of carbonyl (C=O) groups is 1. The highest BCUT2D eigenvalue weighted by atomic mass is 16.2. The number of piperazine rings is 1. The molecule has 2 saturated heterocycles. The van der Waals surface area contributed by atoms with Gasteiger partial charge >= 0.3 is 0 Å². The molecule has 0 bridgehead atoms. The first-order valence-corrected chi connectivity index (χ1v) is 6.97. The van der Waals surface area contributed by atoms with Crippen LogP contribution < -0.4 is 5.32 Å². The second-order valence-corrected chi connectivity index (χ2v) is 5.30. The van der Waals surface area contributed by atoms with Crippen molar-refractivity contribution in [3.8, 4) is 0 Å². The lowest BCUT2D eigenvalue weighted by molar-refractivity contribution is -0.137. The smallest absolute Gasteiger partial charge is 0.227 e. The van der Waals surface area contributed by atoms with Crippen molar-refractivity contribution in [2.75, 3.05) is 39.3 Å². The van der Waals surface area contributed by atoms with E-state index in [1.54, 1.807) is 0 Å². The van der Waals surface area contributed by atoms with Gasteiger partial charge in [-0.2, -0.15) is 0 Å². The van der Waals surface area contributed by atoms with Crippen LogP contribution in [0.2, 0.25) is 0 Å². The Kier molecular flexibility index (Phi) is 4.40. The largest absolute Gasteiger partial charge is 0.340 e. The van der Waals surface area contributed by atoms with Crippen molar-refractivity contribution in [1.82, 2.24) is 15.1 Å². The highest BCUT2D eigenvalue weighted by Gasteiger charge is 2.33. The summed E-state index contributed by atoms with van der Waals surface area (Å²) in [6.45, 7) is 10.4. The van der Waals surface area contributed by atoms with Gasteiger partial charge in [-0.05, 0) is 32.9 Å². The lowest BCUT2D eigenvalue weighted by Crippen LogP contribution is -2.51. The molecule has 0 aliphatic carbocycles. The van der Waals surface area contributed by atoms with Gasteiger partial charge in [0.2, 0.25) is 5.91 Å². The molecule has 17 heavy (non-hydrogen) atoms. The summed E-state index contributed by atoms with van der Waals surface area (Å²) in [6, 6.07) is 0.358. The fourth-order valence-electron chi connectivity index (χ4n) is 2.94. The molecule has 2 aliphatic rings. The monoisotopic (exact) mass is 239 g/mol. The van der Waals surface area contributed by atoms with Crippen LogP contribution in [0.4, 0.5) is 0 Å². The molecule has 2 atom stereocenters. The fraction of sp³-hybridized carbons (Fsp3) is 0.923. The molecule has 4 heteroatoms. The minimum atomic E-state index is 0.215. The van der Waals surface area contributed by atoms with E-state index in [-0.39, 0.29) is 5.92 Å². The second-order valence-electron chi connectivity index (χ2n) is 5.30. The minimum absolute atomic E-state index is 0.215. The fourth-order valence-corrected chi connectivity index (χ4v) is 2.94. The zero-order valence-corrected chi connectivity index (χ0v) is 11.1. The van der Waals surface area contributed by atoms with E-state index in [4.69, 9.17) is 0 Å². The van der Waals surface area contributed by atoms with Gasteiger partial charge in [0.15, 0.2) is 0 Å². The number of carbonyl (C=O) groups excluding carboxylic acids is 1. The maximum absolute atomic E-state index is 12.3. The first kappa shape index (κ1) is 12.8. The molecule has 2 rings (SSSR count). The molecule has 0 saturated carbocycles. The van der Waals surface area contributed by atoms with Gasteiger partial charge < -0.3 is 10.2 Å². The zero-order valence-electron chi connectivity index (χ0n) is 11.1. The van der Waals surface area contributed by atoms with Gasteiger partial charge in [-0.3, -0.25) is 9.69 Å². The summed E-state index contributed by atoms with van der Waals surface area (Å²) in [4.78, 5) is 16.9. The van der Waals surface area contributed by atoms with Gasteiger partial charge in [-0.25, -0.2) is 0 Å². The molecule has 0 radical (unpaired) electrons. The SMILES string of the molecule is CCCN1CCN(C(=O)C2CCNC2C)CC1. The third-order valence-corrected chi connectivity index (χ3v) is 4.07. The topological polar surface area (TPSA) is 35.6 Å². The Bertz CT molecular complexity index is 261. The van der Waals surface area contributed by atoms with Crippen molar-refractivity contribution < 1.29 is 4.79 Å². The van der Waals surface area contributed by atoms with E-state index in [2.05, 4.69) is 29.0 Å². The third-order valence-electron chi connectivity index (χ3n) is 4.07. The summed E-state index contributed by atoms with van der Waals surface area (Å²) in [5.41, 5.74) is 0. The van der Waals surface area contributed by atoms with E-state index >= 15 is 0 Å². The van der Waals surface area contributed by atoms with Crippen molar-refractivity contribution in [3.63, 3.8) is 0 Å². The summed E-state index contributed by atoms with van der Waals surface area (Å²) in [5.74, 6) is 0.589. The Morgan fingerprint density at radius 1 is 1.29 bits per heavy atom. The van der Waals surface area contributed by atoms with E-state index < -0.39 is 0 Å². The molecular formula is C13H25N3O. The summed E-state index contributed by atoms with van der Waals surface area (Å²) in [6.07, 6.45) is 2.21. The Labute approximate surface area is 104 Å². The van der Waals surface area contributed by atoms with Crippen LogP contribution in [0.1, 0.15) is 26.7 Å². The average molecular weight is 239 g/mol. The van der Waals surface area contributed by atoms with Gasteiger partial charge in [0.25, 0.3) is 0 Å². The molecule has 2 unspecified atom stereocenters. The number of hydrogen-bond donors (Lipinski definition) is 1. The molecule has 0 aromatic carbocycles. The average Bonchev–Trinajstić information content (AvgIpc) is 2.76. The third kappa shape index (κ3) is 2.99. The van der Waals surface area contributed by atoms with E-state index in [0.29, 0.717) is 11.9 Å². The van der Waals surface area contributed by atoms with Gasteiger partial charge in [0.05, 0.1) is 5.92 Å². The summed E-state index contributed by atoms with van der Waals surface area (Å²) in [5, 5.41) is 3.36. The standard InChI is InChI=1S/C13H25N3O/c1-3-6-15-7-9-16(10-8-15)13(17)12-4-5-14-11(12)2/h11-12,14H,3-10H2,1-2H3. The number of amides is 1. The highest BCUT2D eigenvalue weighted by Crippen LogP contribution is 2.19. The van der Waals surface area contributed by atoms with Crippen LogP contribution in [0.5, 0.6) is 0 Å². The van der Waals surface area contributed by atoms with Crippen LogP contribution in [0.25, 0.3) is 0 Å². The second kappa shape index (κ2) is 5.83. The molecule has 0 aromatic heterocycles. The van der Waals surface area contributed by atoms with Crippen LogP contribution in [0, 0.1) is 5.92 Å². The zero-order chi connectivity index (χ0) is 12.3. The Balaban J connectivity index is 1.82. The van der Waals surface area contributed by atoms with E-state index in [9.17, 15) is 4.79 Å². The molecule has 1 amide bonds. The molecule has 2 aliphatic heterocycles.